The second-order valence-corrected chi connectivity index (χ2v) is 8.80. The third-order valence-corrected chi connectivity index (χ3v) is 6.94. The lowest BCUT2D eigenvalue weighted by atomic mass is 9.95. The van der Waals surface area contributed by atoms with Crippen molar-refractivity contribution in [3.8, 4) is 5.75 Å². The molecule has 1 aliphatic heterocycles. The molecule has 0 N–H and O–H groups in total. The van der Waals surface area contributed by atoms with Gasteiger partial charge in [0.1, 0.15) is 5.75 Å². The van der Waals surface area contributed by atoms with Crippen molar-refractivity contribution in [2.45, 2.75) is 13.5 Å². The molecule has 3 aromatic carbocycles. The number of carbonyl (C=O) groups excluding carboxylic acids is 1. The molecule has 170 valence electrons. The van der Waals surface area contributed by atoms with Crippen LogP contribution in [0.15, 0.2) is 54.6 Å². The maximum Gasteiger partial charge on any atom is 0.196 e. The molecule has 0 saturated carbocycles. The van der Waals surface area contributed by atoms with E-state index >= 15 is 0 Å². The maximum atomic E-state index is 14.0. The second-order valence-electron chi connectivity index (χ2n) is 8.39. The van der Waals surface area contributed by atoms with Crippen LogP contribution in [0.4, 0.5) is 0 Å². The largest absolute Gasteiger partial charge is 0.495 e. The van der Waals surface area contributed by atoms with Gasteiger partial charge in [0.25, 0.3) is 0 Å². The minimum absolute atomic E-state index is 0.00347. The number of fused-ring (bicyclic) bond motifs is 2. The minimum Gasteiger partial charge on any atom is -0.495 e. The van der Waals surface area contributed by atoms with Gasteiger partial charge in [-0.2, -0.15) is 0 Å². The molecular weight excluding hydrogens is 436 g/mol. The maximum absolute atomic E-state index is 14.0. The fraction of sp³-hybridized carbons (Fsp3) is 0.296. The van der Waals surface area contributed by atoms with E-state index in [-0.39, 0.29) is 5.78 Å². The number of carbonyl (C=O) groups is 1. The van der Waals surface area contributed by atoms with Gasteiger partial charge in [-0.25, -0.2) is 0 Å². The topological polar surface area (TPSA) is 43.7 Å². The number of para-hydroxylation sites is 1. The zero-order valence-electron chi connectivity index (χ0n) is 18.9. The Morgan fingerprint density at radius 3 is 2.45 bits per heavy atom. The molecule has 6 heteroatoms. The van der Waals surface area contributed by atoms with Crippen molar-refractivity contribution in [1.29, 1.82) is 0 Å². The first-order valence-electron chi connectivity index (χ1n) is 11.3. The summed E-state index contributed by atoms with van der Waals surface area (Å²) in [6, 6.07) is 17.4. The second kappa shape index (κ2) is 9.18. The molecule has 0 amide bonds. The van der Waals surface area contributed by atoms with Gasteiger partial charge >= 0.3 is 0 Å². The zero-order chi connectivity index (χ0) is 22.9. The van der Waals surface area contributed by atoms with E-state index in [2.05, 4.69) is 9.47 Å². The minimum atomic E-state index is 0.00347. The molecule has 0 radical (unpaired) electrons. The summed E-state index contributed by atoms with van der Waals surface area (Å²) in [5.41, 5.74) is 3.30. The molecule has 5 rings (SSSR count). The van der Waals surface area contributed by atoms with Crippen LogP contribution in [0.3, 0.4) is 0 Å². The average Bonchev–Trinajstić information content (AvgIpc) is 3.14. The molecule has 1 aromatic heterocycles. The summed E-state index contributed by atoms with van der Waals surface area (Å²) >= 11 is 6.42. The van der Waals surface area contributed by atoms with E-state index < -0.39 is 0 Å². The van der Waals surface area contributed by atoms with E-state index in [1.807, 2.05) is 61.5 Å². The lowest BCUT2D eigenvalue weighted by Gasteiger charge is -2.27. The SMILES string of the molecule is COc1cccc2c(C(=O)c3ccc(Cl)c4ccccc34)c(C)n(CCN3CCOCC3)c12. The molecule has 0 spiro atoms. The number of hydrogen-bond acceptors (Lipinski definition) is 4. The van der Waals surface area contributed by atoms with Crippen molar-refractivity contribution < 1.29 is 14.3 Å². The van der Waals surface area contributed by atoms with Crippen molar-refractivity contribution >= 4 is 39.1 Å². The molecule has 0 bridgehead atoms. The van der Waals surface area contributed by atoms with Crippen LogP contribution in [0.25, 0.3) is 21.7 Å². The predicted molar refractivity (Wildman–Crippen MR) is 133 cm³/mol. The summed E-state index contributed by atoms with van der Waals surface area (Å²) in [7, 11) is 1.68. The number of ether oxygens (including phenoxy) is 2. The van der Waals surface area contributed by atoms with Crippen LogP contribution in [0.2, 0.25) is 5.02 Å². The van der Waals surface area contributed by atoms with Crippen molar-refractivity contribution in [3.63, 3.8) is 0 Å². The number of methoxy groups -OCH3 is 1. The lowest BCUT2D eigenvalue weighted by molar-refractivity contribution is 0.0365. The highest BCUT2D eigenvalue weighted by Gasteiger charge is 2.25. The van der Waals surface area contributed by atoms with Gasteiger partial charge in [0.05, 0.1) is 31.4 Å². The molecular formula is C27H27ClN2O3. The number of rotatable bonds is 6. The van der Waals surface area contributed by atoms with E-state index in [4.69, 9.17) is 21.1 Å². The van der Waals surface area contributed by atoms with E-state index in [1.54, 1.807) is 7.11 Å². The van der Waals surface area contributed by atoms with Gasteiger partial charge in [-0.15, -0.1) is 0 Å². The van der Waals surface area contributed by atoms with Crippen molar-refractivity contribution in [2.75, 3.05) is 40.0 Å². The average molecular weight is 463 g/mol. The number of hydrogen-bond donors (Lipinski definition) is 0. The first-order chi connectivity index (χ1) is 16.1. The summed E-state index contributed by atoms with van der Waals surface area (Å²) in [5.74, 6) is 0.779. The number of halogens is 1. The normalized spacial score (nSPS) is 14.8. The van der Waals surface area contributed by atoms with Gasteiger partial charge in [-0.3, -0.25) is 9.69 Å². The first-order valence-corrected chi connectivity index (χ1v) is 11.7. The summed E-state index contributed by atoms with van der Waals surface area (Å²) < 4.78 is 13.4. The summed E-state index contributed by atoms with van der Waals surface area (Å²) in [4.78, 5) is 16.4. The molecule has 5 nitrogen and oxygen atoms in total. The number of ketones is 1. The molecule has 0 aliphatic carbocycles. The van der Waals surface area contributed by atoms with Gasteiger partial charge in [-0.05, 0) is 30.5 Å². The summed E-state index contributed by atoms with van der Waals surface area (Å²) in [5, 5.41) is 3.31. The molecule has 0 atom stereocenters. The molecule has 1 saturated heterocycles. The fourth-order valence-corrected chi connectivity index (χ4v) is 5.12. The number of morpholine rings is 1. The lowest BCUT2D eigenvalue weighted by Crippen LogP contribution is -2.38. The Labute approximate surface area is 198 Å². The number of benzene rings is 3. The van der Waals surface area contributed by atoms with Gasteiger partial charge in [0.15, 0.2) is 5.78 Å². The molecule has 2 heterocycles. The standard InChI is InChI=1S/C27H27ClN2O3/c1-18-25(27(31)21-10-11-23(28)20-7-4-3-6-19(20)21)22-8-5-9-24(32-2)26(22)30(18)13-12-29-14-16-33-17-15-29/h3-11H,12-17H2,1-2H3. The number of nitrogens with zero attached hydrogens (tertiary/aromatic N) is 2. The smallest absolute Gasteiger partial charge is 0.196 e. The molecule has 0 unspecified atom stereocenters. The third kappa shape index (κ3) is 3.90. The quantitative estimate of drug-likeness (QED) is 0.363. The highest BCUT2D eigenvalue weighted by molar-refractivity contribution is 6.36. The highest BCUT2D eigenvalue weighted by atomic mass is 35.5. The summed E-state index contributed by atoms with van der Waals surface area (Å²) in [6.45, 7) is 7.09. The third-order valence-electron chi connectivity index (χ3n) is 6.61. The van der Waals surface area contributed by atoms with Gasteiger partial charge in [0.2, 0.25) is 0 Å². The van der Waals surface area contributed by atoms with Crippen LogP contribution >= 0.6 is 11.6 Å². The number of aromatic nitrogens is 1. The van der Waals surface area contributed by atoms with Crippen LogP contribution in [-0.4, -0.2) is 55.2 Å². The van der Waals surface area contributed by atoms with Crippen molar-refractivity contribution in [2.24, 2.45) is 0 Å². The van der Waals surface area contributed by atoms with E-state index in [9.17, 15) is 4.79 Å². The van der Waals surface area contributed by atoms with Gasteiger partial charge in [-0.1, -0.05) is 48.0 Å². The molecule has 33 heavy (non-hydrogen) atoms. The highest BCUT2D eigenvalue weighted by Crippen LogP contribution is 2.36. The predicted octanol–water partition coefficient (Wildman–Crippen LogP) is 5.33. The first kappa shape index (κ1) is 22.0. The van der Waals surface area contributed by atoms with Crippen LogP contribution in [0.1, 0.15) is 21.6 Å². The zero-order valence-corrected chi connectivity index (χ0v) is 19.7. The Hall–Kier alpha value is -2.86. The van der Waals surface area contributed by atoms with E-state index in [0.29, 0.717) is 10.6 Å². The van der Waals surface area contributed by atoms with Crippen LogP contribution in [0, 0.1) is 6.92 Å². The van der Waals surface area contributed by atoms with Gasteiger partial charge < -0.3 is 14.0 Å². The Bertz CT molecular complexity index is 1340. The van der Waals surface area contributed by atoms with E-state index in [1.165, 1.54) is 0 Å². The van der Waals surface area contributed by atoms with Gasteiger partial charge in [0, 0.05) is 53.2 Å². The Morgan fingerprint density at radius 2 is 1.70 bits per heavy atom. The Balaban J connectivity index is 1.64. The molecule has 4 aromatic rings. The van der Waals surface area contributed by atoms with Crippen molar-refractivity contribution in [3.05, 3.63) is 76.4 Å². The van der Waals surface area contributed by atoms with Crippen LogP contribution in [-0.2, 0) is 11.3 Å². The van der Waals surface area contributed by atoms with E-state index in [0.717, 1.165) is 78.1 Å². The van der Waals surface area contributed by atoms with Crippen LogP contribution < -0.4 is 4.74 Å². The Kier molecular flexibility index (Phi) is 6.11. The monoisotopic (exact) mass is 462 g/mol. The molecule has 1 fully saturated rings. The van der Waals surface area contributed by atoms with Crippen molar-refractivity contribution in [1.82, 2.24) is 9.47 Å². The fourth-order valence-electron chi connectivity index (χ4n) is 4.89. The van der Waals surface area contributed by atoms with Crippen LogP contribution in [0.5, 0.6) is 5.75 Å². The molecule has 1 aliphatic rings. The summed E-state index contributed by atoms with van der Waals surface area (Å²) in [6.07, 6.45) is 0. The Morgan fingerprint density at radius 1 is 0.970 bits per heavy atom.